The predicted octanol–water partition coefficient (Wildman–Crippen LogP) is 4.38. The van der Waals surface area contributed by atoms with Crippen molar-refractivity contribution in [3.05, 3.63) is 60.0 Å². The molecule has 1 amide bonds. The van der Waals surface area contributed by atoms with Crippen LogP contribution in [0.5, 0.6) is 0 Å². The lowest BCUT2D eigenvalue weighted by atomic mass is 10.1. The van der Waals surface area contributed by atoms with E-state index in [1.807, 2.05) is 23.1 Å². The summed E-state index contributed by atoms with van der Waals surface area (Å²) in [4.78, 5) is 19.1. The molecule has 1 atom stereocenters. The van der Waals surface area contributed by atoms with E-state index in [1.54, 1.807) is 24.0 Å². The quantitative estimate of drug-likeness (QED) is 0.752. The highest BCUT2D eigenvalue weighted by Crippen LogP contribution is 2.37. The zero-order valence-electron chi connectivity index (χ0n) is 13.3. The van der Waals surface area contributed by atoms with Crippen LogP contribution in [0.1, 0.15) is 12.5 Å². The lowest BCUT2D eigenvalue weighted by Crippen LogP contribution is -2.43. The summed E-state index contributed by atoms with van der Waals surface area (Å²) in [6.45, 7) is 2.07. The number of hydrogen-bond acceptors (Lipinski definition) is 2. The molecular weight excluding hydrogens is 323 g/mol. The van der Waals surface area contributed by atoms with E-state index in [9.17, 15) is 9.18 Å². The molecule has 5 heteroatoms. The molecule has 1 aromatic heterocycles. The largest absolute Gasteiger partial charge is 0.361 e. The fourth-order valence-electron chi connectivity index (χ4n) is 3.23. The number of hydrogen-bond donors (Lipinski definition) is 1. The van der Waals surface area contributed by atoms with Crippen LogP contribution in [-0.2, 0) is 11.2 Å². The fraction of sp³-hybridized carbons (Fsp3) is 0.211. The first-order valence-electron chi connectivity index (χ1n) is 7.93. The first-order chi connectivity index (χ1) is 11.6. The molecule has 0 saturated carbocycles. The van der Waals surface area contributed by atoms with E-state index < -0.39 is 0 Å². The molecule has 0 unspecified atom stereocenters. The van der Waals surface area contributed by atoms with E-state index in [0.717, 1.165) is 32.8 Å². The van der Waals surface area contributed by atoms with Crippen molar-refractivity contribution in [2.75, 3.05) is 10.7 Å². The van der Waals surface area contributed by atoms with E-state index >= 15 is 0 Å². The molecule has 1 N–H and O–H groups in total. The van der Waals surface area contributed by atoms with Crippen LogP contribution in [0.3, 0.4) is 0 Å². The number of rotatable bonds is 2. The van der Waals surface area contributed by atoms with Gasteiger partial charge in [-0.15, -0.1) is 11.8 Å². The van der Waals surface area contributed by atoms with Gasteiger partial charge in [0, 0.05) is 33.8 Å². The number of nitrogens with one attached hydrogen (secondary N) is 1. The number of benzene rings is 2. The zero-order chi connectivity index (χ0) is 16.7. The Morgan fingerprint density at radius 1 is 1.33 bits per heavy atom. The SMILES string of the molecule is C[C@@H]1CSc2ccccc2N1C(=O)Cc1c[nH]c2cc(F)ccc12. The van der Waals surface area contributed by atoms with Gasteiger partial charge in [-0.25, -0.2) is 4.39 Å². The number of amides is 1. The highest BCUT2D eigenvalue weighted by atomic mass is 32.2. The topological polar surface area (TPSA) is 36.1 Å². The van der Waals surface area contributed by atoms with Crippen molar-refractivity contribution in [2.24, 2.45) is 0 Å². The summed E-state index contributed by atoms with van der Waals surface area (Å²) in [6.07, 6.45) is 2.10. The van der Waals surface area contributed by atoms with Crippen molar-refractivity contribution >= 4 is 34.3 Å². The first-order valence-corrected chi connectivity index (χ1v) is 8.91. The second kappa shape index (κ2) is 5.98. The number of carbonyl (C=O) groups is 1. The van der Waals surface area contributed by atoms with Crippen LogP contribution in [0.4, 0.5) is 10.1 Å². The first kappa shape index (κ1) is 15.3. The Labute approximate surface area is 143 Å². The number of anilines is 1. The van der Waals surface area contributed by atoms with Crippen molar-refractivity contribution in [3.63, 3.8) is 0 Å². The molecule has 2 heterocycles. The molecule has 0 radical (unpaired) electrons. The molecule has 0 spiro atoms. The lowest BCUT2D eigenvalue weighted by Gasteiger charge is -2.34. The molecule has 1 aliphatic rings. The molecular formula is C19H17FN2OS. The van der Waals surface area contributed by atoms with Crippen LogP contribution in [0, 0.1) is 5.82 Å². The van der Waals surface area contributed by atoms with Crippen molar-refractivity contribution < 1.29 is 9.18 Å². The van der Waals surface area contributed by atoms with Crippen LogP contribution in [-0.4, -0.2) is 22.7 Å². The van der Waals surface area contributed by atoms with E-state index in [-0.39, 0.29) is 17.8 Å². The molecule has 122 valence electrons. The minimum Gasteiger partial charge on any atom is -0.361 e. The maximum Gasteiger partial charge on any atom is 0.231 e. The van der Waals surface area contributed by atoms with Crippen LogP contribution >= 0.6 is 11.8 Å². The van der Waals surface area contributed by atoms with Crippen molar-refractivity contribution in [1.82, 2.24) is 4.98 Å². The standard InChI is InChI=1S/C19H17FN2OS/c1-12-11-24-18-5-3-2-4-17(18)22(12)19(23)8-13-10-21-16-9-14(20)6-7-15(13)16/h2-7,9-10,12,21H,8,11H2,1H3/t12-/m1/s1. The van der Waals surface area contributed by atoms with Gasteiger partial charge in [-0.3, -0.25) is 4.79 Å². The average molecular weight is 340 g/mol. The average Bonchev–Trinajstić information content (AvgIpc) is 2.96. The molecule has 0 saturated heterocycles. The lowest BCUT2D eigenvalue weighted by molar-refractivity contribution is -0.118. The number of fused-ring (bicyclic) bond motifs is 2. The fourth-order valence-corrected chi connectivity index (χ4v) is 4.29. The minimum absolute atomic E-state index is 0.0699. The van der Waals surface area contributed by atoms with Gasteiger partial charge in [0.2, 0.25) is 5.91 Å². The van der Waals surface area contributed by atoms with Gasteiger partial charge >= 0.3 is 0 Å². The molecule has 0 fully saturated rings. The van der Waals surface area contributed by atoms with E-state index in [1.165, 1.54) is 12.1 Å². The van der Waals surface area contributed by atoms with Crippen LogP contribution < -0.4 is 4.90 Å². The second-order valence-electron chi connectivity index (χ2n) is 6.07. The molecule has 0 bridgehead atoms. The van der Waals surface area contributed by atoms with E-state index in [2.05, 4.69) is 18.0 Å². The Bertz CT molecular complexity index is 921. The smallest absolute Gasteiger partial charge is 0.231 e. The van der Waals surface area contributed by atoms with Gasteiger partial charge in [0.05, 0.1) is 12.1 Å². The van der Waals surface area contributed by atoms with Gasteiger partial charge in [0.1, 0.15) is 5.82 Å². The van der Waals surface area contributed by atoms with Gasteiger partial charge in [-0.05, 0) is 42.8 Å². The number of para-hydroxylation sites is 1. The maximum absolute atomic E-state index is 13.3. The molecule has 3 nitrogen and oxygen atoms in total. The number of carbonyl (C=O) groups excluding carboxylic acids is 1. The van der Waals surface area contributed by atoms with Gasteiger partial charge in [-0.2, -0.15) is 0 Å². The number of halogens is 1. The summed E-state index contributed by atoms with van der Waals surface area (Å²) >= 11 is 1.79. The summed E-state index contributed by atoms with van der Waals surface area (Å²) in [6, 6.07) is 12.8. The summed E-state index contributed by atoms with van der Waals surface area (Å²) in [5.41, 5.74) is 2.61. The third kappa shape index (κ3) is 2.59. The number of aromatic nitrogens is 1. The highest BCUT2D eigenvalue weighted by molar-refractivity contribution is 7.99. The molecule has 3 aromatic rings. The normalized spacial score (nSPS) is 17.1. The molecule has 4 rings (SSSR count). The van der Waals surface area contributed by atoms with Crippen LogP contribution in [0.2, 0.25) is 0 Å². The van der Waals surface area contributed by atoms with Gasteiger partial charge < -0.3 is 9.88 Å². The second-order valence-corrected chi connectivity index (χ2v) is 7.13. The Balaban J connectivity index is 1.66. The van der Waals surface area contributed by atoms with Gasteiger partial charge in [0.25, 0.3) is 0 Å². The number of H-pyrrole nitrogens is 1. The number of aromatic amines is 1. The predicted molar refractivity (Wildman–Crippen MR) is 96.1 cm³/mol. The monoisotopic (exact) mass is 340 g/mol. The summed E-state index contributed by atoms with van der Waals surface area (Å²) < 4.78 is 13.3. The molecule has 0 aliphatic carbocycles. The van der Waals surface area contributed by atoms with Crippen molar-refractivity contribution in [1.29, 1.82) is 0 Å². The molecule has 1 aliphatic heterocycles. The van der Waals surface area contributed by atoms with E-state index in [0.29, 0.717) is 6.42 Å². The zero-order valence-corrected chi connectivity index (χ0v) is 14.1. The molecule has 24 heavy (non-hydrogen) atoms. The summed E-state index contributed by atoms with van der Waals surface area (Å²) in [5, 5.41) is 0.900. The Morgan fingerprint density at radius 3 is 3.04 bits per heavy atom. The Morgan fingerprint density at radius 2 is 2.17 bits per heavy atom. The number of nitrogens with zero attached hydrogens (tertiary/aromatic N) is 1. The minimum atomic E-state index is -0.280. The highest BCUT2D eigenvalue weighted by Gasteiger charge is 2.28. The maximum atomic E-state index is 13.3. The third-order valence-electron chi connectivity index (χ3n) is 4.39. The van der Waals surface area contributed by atoms with Crippen LogP contribution in [0.15, 0.2) is 53.6 Å². The van der Waals surface area contributed by atoms with Crippen molar-refractivity contribution in [3.8, 4) is 0 Å². The van der Waals surface area contributed by atoms with E-state index in [4.69, 9.17) is 0 Å². The van der Waals surface area contributed by atoms with Crippen molar-refractivity contribution in [2.45, 2.75) is 24.3 Å². The Hall–Kier alpha value is -2.27. The summed E-state index contributed by atoms with van der Waals surface area (Å²) in [5.74, 6) is 0.681. The summed E-state index contributed by atoms with van der Waals surface area (Å²) in [7, 11) is 0. The Kier molecular flexibility index (Phi) is 3.81. The number of thioether (sulfide) groups is 1. The van der Waals surface area contributed by atoms with Gasteiger partial charge in [-0.1, -0.05) is 12.1 Å². The third-order valence-corrected chi connectivity index (χ3v) is 5.69. The molecule has 2 aromatic carbocycles. The van der Waals surface area contributed by atoms with Gasteiger partial charge in [0.15, 0.2) is 0 Å². The van der Waals surface area contributed by atoms with Crippen LogP contribution in [0.25, 0.3) is 10.9 Å².